The minimum Gasteiger partial charge on any atom is -0.390 e. The molecule has 164 valence electrons. The molecule has 2 aliphatic rings. The number of carbonyl (C=O) groups excluding carboxylic acids is 1. The molecule has 1 saturated carbocycles. The SMILES string of the molecule is CCCNC(=O)N[C@@H]1C[C@H](Cn2cc(CN3CCS(=O)(=O)CC3)nn2)[C@@H](O)[C@H]1O. The summed E-state index contributed by atoms with van der Waals surface area (Å²) < 4.78 is 24.7. The number of sulfone groups is 1. The Kier molecular flexibility index (Phi) is 7.09. The van der Waals surface area contributed by atoms with Crippen LogP contribution in [-0.2, 0) is 22.9 Å². The zero-order chi connectivity index (χ0) is 21.0. The smallest absolute Gasteiger partial charge is 0.315 e. The number of urea groups is 1. The van der Waals surface area contributed by atoms with Crippen molar-refractivity contribution in [3.05, 3.63) is 11.9 Å². The molecule has 2 heterocycles. The molecule has 1 saturated heterocycles. The summed E-state index contributed by atoms with van der Waals surface area (Å²) in [5, 5.41) is 34.2. The van der Waals surface area contributed by atoms with E-state index < -0.39 is 28.1 Å². The zero-order valence-corrected chi connectivity index (χ0v) is 17.4. The van der Waals surface area contributed by atoms with Crippen molar-refractivity contribution in [2.45, 2.75) is 51.1 Å². The molecule has 0 bridgehead atoms. The summed E-state index contributed by atoms with van der Waals surface area (Å²) in [5.74, 6) is 0.0530. The van der Waals surface area contributed by atoms with Gasteiger partial charge in [-0.3, -0.25) is 9.58 Å². The van der Waals surface area contributed by atoms with Crippen LogP contribution >= 0.6 is 0 Å². The largest absolute Gasteiger partial charge is 0.390 e. The standard InChI is InChI=1S/C17H30N6O5S/c1-2-3-18-17(26)19-14-8-12(15(24)16(14)25)9-23-11-13(20-21-23)10-22-4-6-29(27,28)7-5-22/h11-12,14-16,24-25H,2-10H2,1H3,(H2,18,19,26)/t12-,14-,15-,16+/m1/s1. The second-order valence-electron chi connectivity index (χ2n) is 7.84. The minimum absolute atomic E-state index is 0.160. The summed E-state index contributed by atoms with van der Waals surface area (Å²) in [4.78, 5) is 13.8. The Hall–Kier alpha value is -1.76. The second-order valence-corrected chi connectivity index (χ2v) is 10.1. The highest BCUT2D eigenvalue weighted by atomic mass is 32.2. The number of hydrogen-bond donors (Lipinski definition) is 4. The molecular formula is C17H30N6O5S. The summed E-state index contributed by atoms with van der Waals surface area (Å²) in [5.41, 5.74) is 0.728. The lowest BCUT2D eigenvalue weighted by molar-refractivity contribution is 0.00860. The topological polar surface area (TPSA) is 150 Å². The van der Waals surface area contributed by atoms with Crippen molar-refractivity contribution < 1.29 is 23.4 Å². The first-order valence-electron chi connectivity index (χ1n) is 9.99. The summed E-state index contributed by atoms with van der Waals surface area (Å²) in [6.07, 6.45) is 1.02. The van der Waals surface area contributed by atoms with Crippen LogP contribution in [0.15, 0.2) is 6.20 Å². The lowest BCUT2D eigenvalue weighted by atomic mass is 10.1. The Bertz CT molecular complexity index is 786. The average molecular weight is 431 g/mol. The van der Waals surface area contributed by atoms with E-state index in [9.17, 15) is 23.4 Å². The van der Waals surface area contributed by atoms with Gasteiger partial charge in [-0.2, -0.15) is 0 Å². The first kappa shape index (κ1) is 21.9. The molecule has 4 N–H and O–H groups in total. The van der Waals surface area contributed by atoms with Crippen molar-refractivity contribution in [3.8, 4) is 0 Å². The number of aliphatic hydroxyl groups excluding tert-OH is 2. The third-order valence-corrected chi connectivity index (χ3v) is 7.09. The van der Waals surface area contributed by atoms with Gasteiger partial charge >= 0.3 is 6.03 Å². The molecule has 0 radical (unpaired) electrons. The molecule has 0 spiro atoms. The Morgan fingerprint density at radius 2 is 2.00 bits per heavy atom. The minimum atomic E-state index is -2.92. The number of carbonyl (C=O) groups is 1. The van der Waals surface area contributed by atoms with E-state index in [0.717, 1.165) is 12.1 Å². The van der Waals surface area contributed by atoms with Gasteiger partial charge in [0.15, 0.2) is 9.84 Å². The zero-order valence-electron chi connectivity index (χ0n) is 16.6. The first-order chi connectivity index (χ1) is 13.8. The molecule has 0 unspecified atom stereocenters. The number of amides is 2. The van der Waals surface area contributed by atoms with Crippen molar-refractivity contribution in [2.75, 3.05) is 31.1 Å². The molecule has 3 rings (SSSR count). The first-order valence-corrected chi connectivity index (χ1v) is 11.8. The van der Waals surface area contributed by atoms with Gasteiger partial charge in [-0.1, -0.05) is 12.1 Å². The Balaban J connectivity index is 1.50. The van der Waals surface area contributed by atoms with Gasteiger partial charge < -0.3 is 20.8 Å². The molecule has 1 aromatic rings. The lowest BCUT2D eigenvalue weighted by Crippen LogP contribution is -2.47. The fourth-order valence-corrected chi connectivity index (χ4v) is 5.06. The van der Waals surface area contributed by atoms with Gasteiger partial charge in [-0.25, -0.2) is 13.2 Å². The maximum atomic E-state index is 11.8. The van der Waals surface area contributed by atoms with Gasteiger partial charge in [0.1, 0.15) is 6.10 Å². The number of nitrogens with one attached hydrogen (secondary N) is 2. The summed E-state index contributed by atoms with van der Waals surface area (Å²) in [6.45, 7) is 4.35. The number of nitrogens with zero attached hydrogens (tertiary/aromatic N) is 4. The van der Waals surface area contributed by atoms with E-state index in [0.29, 0.717) is 39.1 Å². The monoisotopic (exact) mass is 430 g/mol. The lowest BCUT2D eigenvalue weighted by Gasteiger charge is -2.25. The van der Waals surface area contributed by atoms with Crippen LogP contribution < -0.4 is 10.6 Å². The maximum Gasteiger partial charge on any atom is 0.315 e. The maximum absolute atomic E-state index is 11.8. The van der Waals surface area contributed by atoms with Crippen LogP contribution in [0.25, 0.3) is 0 Å². The van der Waals surface area contributed by atoms with E-state index in [4.69, 9.17) is 0 Å². The normalized spacial score (nSPS) is 29.6. The molecule has 1 aliphatic carbocycles. The van der Waals surface area contributed by atoms with E-state index in [-0.39, 0.29) is 23.5 Å². The second kappa shape index (κ2) is 9.37. The molecule has 4 atom stereocenters. The van der Waals surface area contributed by atoms with E-state index in [1.54, 1.807) is 10.9 Å². The molecular weight excluding hydrogens is 400 g/mol. The van der Waals surface area contributed by atoms with Crippen LogP contribution in [-0.4, -0.2) is 93.9 Å². The van der Waals surface area contributed by atoms with Gasteiger partial charge in [-0.05, 0) is 12.8 Å². The van der Waals surface area contributed by atoms with Crippen LogP contribution in [0.3, 0.4) is 0 Å². The molecule has 1 aromatic heterocycles. The van der Waals surface area contributed by atoms with E-state index >= 15 is 0 Å². The van der Waals surface area contributed by atoms with Crippen molar-refractivity contribution >= 4 is 15.9 Å². The predicted molar refractivity (Wildman–Crippen MR) is 105 cm³/mol. The van der Waals surface area contributed by atoms with Crippen molar-refractivity contribution in [2.24, 2.45) is 5.92 Å². The van der Waals surface area contributed by atoms with Crippen molar-refractivity contribution in [3.63, 3.8) is 0 Å². The van der Waals surface area contributed by atoms with Crippen LogP contribution in [0.2, 0.25) is 0 Å². The van der Waals surface area contributed by atoms with Gasteiger partial charge in [0.2, 0.25) is 0 Å². The molecule has 2 fully saturated rings. The third kappa shape index (κ3) is 5.87. The highest BCUT2D eigenvalue weighted by Crippen LogP contribution is 2.28. The van der Waals surface area contributed by atoms with Crippen LogP contribution in [0, 0.1) is 5.92 Å². The highest BCUT2D eigenvalue weighted by Gasteiger charge is 2.42. The molecule has 2 amide bonds. The fraction of sp³-hybridized carbons (Fsp3) is 0.824. The molecule has 11 nitrogen and oxygen atoms in total. The Morgan fingerprint density at radius 3 is 2.69 bits per heavy atom. The van der Waals surface area contributed by atoms with E-state index in [2.05, 4.69) is 20.9 Å². The van der Waals surface area contributed by atoms with Gasteiger partial charge in [0, 0.05) is 44.8 Å². The molecule has 1 aliphatic heterocycles. The van der Waals surface area contributed by atoms with E-state index in [1.807, 2.05) is 11.8 Å². The number of hydrogen-bond acceptors (Lipinski definition) is 8. The van der Waals surface area contributed by atoms with Crippen LogP contribution in [0.1, 0.15) is 25.5 Å². The third-order valence-electron chi connectivity index (χ3n) is 5.48. The summed E-state index contributed by atoms with van der Waals surface area (Å²) in [7, 11) is -2.92. The summed E-state index contributed by atoms with van der Waals surface area (Å²) >= 11 is 0. The average Bonchev–Trinajstić information content (AvgIpc) is 3.22. The quantitative estimate of drug-likeness (QED) is 0.401. The summed E-state index contributed by atoms with van der Waals surface area (Å²) in [6, 6.07) is -0.875. The number of aliphatic hydroxyl groups is 2. The van der Waals surface area contributed by atoms with Crippen molar-refractivity contribution in [1.82, 2.24) is 30.5 Å². The predicted octanol–water partition coefficient (Wildman–Crippen LogP) is -1.67. The molecule has 12 heteroatoms. The Morgan fingerprint density at radius 1 is 1.28 bits per heavy atom. The molecule has 0 aromatic carbocycles. The van der Waals surface area contributed by atoms with Crippen LogP contribution in [0.5, 0.6) is 0 Å². The highest BCUT2D eigenvalue weighted by molar-refractivity contribution is 7.91. The number of rotatable bonds is 7. The van der Waals surface area contributed by atoms with Gasteiger partial charge in [0.05, 0.1) is 29.3 Å². The Labute approximate surface area is 170 Å². The van der Waals surface area contributed by atoms with E-state index in [1.165, 1.54) is 0 Å². The molecule has 29 heavy (non-hydrogen) atoms. The van der Waals surface area contributed by atoms with Crippen LogP contribution in [0.4, 0.5) is 4.79 Å². The van der Waals surface area contributed by atoms with Gasteiger partial charge in [-0.15, -0.1) is 5.10 Å². The number of aromatic nitrogens is 3. The van der Waals surface area contributed by atoms with Crippen molar-refractivity contribution in [1.29, 1.82) is 0 Å². The van der Waals surface area contributed by atoms with Gasteiger partial charge in [0.25, 0.3) is 0 Å². The fourth-order valence-electron chi connectivity index (χ4n) is 3.78.